The molecule has 0 aliphatic rings. The maximum atomic E-state index is 13.5. The van der Waals surface area contributed by atoms with E-state index in [-0.39, 0.29) is 5.13 Å². The second kappa shape index (κ2) is 6.21. The summed E-state index contributed by atoms with van der Waals surface area (Å²) >= 11 is 1.15. The van der Waals surface area contributed by atoms with Crippen LogP contribution in [0.3, 0.4) is 0 Å². The average Bonchev–Trinajstić information content (AvgIpc) is 2.82. The highest BCUT2D eigenvalue weighted by Crippen LogP contribution is 2.20. The lowest BCUT2D eigenvalue weighted by Crippen LogP contribution is -2.15. The molecule has 0 aliphatic heterocycles. The van der Waals surface area contributed by atoms with Crippen LogP contribution in [-0.4, -0.2) is 16.1 Å². The number of halogens is 3. The fourth-order valence-corrected chi connectivity index (χ4v) is 2.55. The third kappa shape index (κ3) is 3.57. The highest BCUT2D eigenvalue weighted by Gasteiger charge is 2.20. The molecule has 1 heterocycles. The summed E-state index contributed by atoms with van der Waals surface area (Å²) in [5.74, 6) is -5.08. The van der Waals surface area contributed by atoms with Gasteiger partial charge in [-0.15, -0.1) is 10.2 Å². The highest BCUT2D eigenvalue weighted by atomic mass is 32.1. The van der Waals surface area contributed by atoms with E-state index in [0.717, 1.165) is 22.4 Å². The van der Waals surface area contributed by atoms with Crippen LogP contribution in [0.1, 0.15) is 29.2 Å². The summed E-state index contributed by atoms with van der Waals surface area (Å²) in [6, 6.07) is 1.57. The van der Waals surface area contributed by atoms with Crippen molar-refractivity contribution in [2.75, 3.05) is 5.32 Å². The zero-order valence-corrected chi connectivity index (χ0v) is 12.1. The van der Waals surface area contributed by atoms with Gasteiger partial charge < -0.3 is 0 Å². The molecular weight excluding hydrogens is 303 g/mol. The van der Waals surface area contributed by atoms with E-state index in [2.05, 4.69) is 15.5 Å². The van der Waals surface area contributed by atoms with Gasteiger partial charge in [-0.3, -0.25) is 10.1 Å². The van der Waals surface area contributed by atoms with Gasteiger partial charge in [-0.2, -0.15) is 0 Å². The molecule has 1 aromatic carbocycles. The number of nitrogens with one attached hydrogen (secondary N) is 1. The molecule has 1 amide bonds. The van der Waals surface area contributed by atoms with E-state index >= 15 is 0 Å². The summed E-state index contributed by atoms with van der Waals surface area (Å²) in [4.78, 5) is 11.8. The van der Waals surface area contributed by atoms with Crippen LogP contribution in [0.2, 0.25) is 0 Å². The maximum absolute atomic E-state index is 13.5. The Labute approximate surface area is 123 Å². The van der Waals surface area contributed by atoms with Crippen LogP contribution < -0.4 is 5.32 Å². The topological polar surface area (TPSA) is 54.9 Å². The van der Waals surface area contributed by atoms with Crippen LogP contribution in [0.4, 0.5) is 18.3 Å². The monoisotopic (exact) mass is 315 g/mol. The first-order valence-electron chi connectivity index (χ1n) is 6.15. The Morgan fingerprint density at radius 1 is 1.24 bits per heavy atom. The van der Waals surface area contributed by atoms with E-state index < -0.39 is 28.9 Å². The number of benzene rings is 1. The van der Waals surface area contributed by atoms with Gasteiger partial charge in [0, 0.05) is 6.42 Å². The van der Waals surface area contributed by atoms with E-state index in [1.807, 2.05) is 13.8 Å². The number of rotatable bonds is 4. The molecule has 0 saturated carbocycles. The smallest absolute Gasteiger partial charge is 0.260 e. The van der Waals surface area contributed by atoms with Crippen molar-refractivity contribution in [1.29, 1.82) is 0 Å². The first-order chi connectivity index (χ1) is 9.88. The Hall–Kier alpha value is -1.96. The number of carbonyl (C=O) groups is 1. The largest absolute Gasteiger partial charge is 0.296 e. The summed E-state index contributed by atoms with van der Waals surface area (Å²) in [6.07, 6.45) is 0.701. The normalized spacial score (nSPS) is 11.0. The van der Waals surface area contributed by atoms with Crippen LogP contribution in [0.15, 0.2) is 12.1 Å². The minimum absolute atomic E-state index is 0.180. The summed E-state index contributed by atoms with van der Waals surface area (Å²) in [5.41, 5.74) is -0.588. The fourth-order valence-electron chi connectivity index (χ4n) is 1.60. The Morgan fingerprint density at radius 3 is 2.62 bits per heavy atom. The molecule has 4 nitrogen and oxygen atoms in total. The summed E-state index contributed by atoms with van der Waals surface area (Å²) in [7, 11) is 0. The summed E-state index contributed by atoms with van der Waals surface area (Å²) in [5, 5.41) is 10.9. The number of hydrogen-bond acceptors (Lipinski definition) is 4. The van der Waals surface area contributed by atoms with Crippen LogP contribution in [0.25, 0.3) is 0 Å². The van der Waals surface area contributed by atoms with E-state index in [0.29, 0.717) is 18.4 Å². The average molecular weight is 315 g/mol. The fraction of sp³-hybridized carbons (Fsp3) is 0.308. The van der Waals surface area contributed by atoms with Gasteiger partial charge in [0.1, 0.15) is 5.01 Å². The lowest BCUT2D eigenvalue weighted by atomic mass is 10.1. The minimum atomic E-state index is -1.68. The standard InChI is InChI=1S/C13H12F3N3OS/c1-6(2)5-9-18-19-13(21-9)17-12(20)7-3-4-8(14)11(16)10(7)15/h3-4,6H,5H2,1-2H3,(H,17,19,20). The van der Waals surface area contributed by atoms with Crippen LogP contribution in [0, 0.1) is 23.4 Å². The number of nitrogens with zero attached hydrogens (tertiary/aromatic N) is 2. The van der Waals surface area contributed by atoms with Gasteiger partial charge in [-0.1, -0.05) is 25.2 Å². The molecule has 1 aromatic heterocycles. The minimum Gasteiger partial charge on any atom is -0.296 e. The van der Waals surface area contributed by atoms with E-state index in [4.69, 9.17) is 0 Å². The van der Waals surface area contributed by atoms with Crippen LogP contribution in [0.5, 0.6) is 0 Å². The number of hydrogen-bond donors (Lipinski definition) is 1. The number of carbonyl (C=O) groups excluding carboxylic acids is 1. The number of anilines is 1. The molecule has 2 rings (SSSR count). The Kier molecular flexibility index (Phi) is 4.56. The molecule has 0 spiro atoms. The predicted octanol–water partition coefficient (Wildman–Crippen LogP) is 3.41. The Balaban J connectivity index is 2.15. The second-order valence-corrected chi connectivity index (χ2v) is 5.84. The van der Waals surface area contributed by atoms with Gasteiger partial charge in [-0.25, -0.2) is 13.2 Å². The number of aromatic nitrogens is 2. The third-order valence-electron chi connectivity index (χ3n) is 2.55. The molecule has 0 saturated heterocycles. The van der Waals surface area contributed by atoms with Crippen molar-refractivity contribution in [3.63, 3.8) is 0 Å². The van der Waals surface area contributed by atoms with Crippen molar-refractivity contribution < 1.29 is 18.0 Å². The Bertz CT molecular complexity index is 673. The maximum Gasteiger partial charge on any atom is 0.260 e. The Morgan fingerprint density at radius 2 is 1.95 bits per heavy atom. The first-order valence-corrected chi connectivity index (χ1v) is 6.97. The molecule has 112 valence electrons. The molecular formula is C13H12F3N3OS. The lowest BCUT2D eigenvalue weighted by Gasteiger charge is -2.04. The molecule has 0 bridgehead atoms. The molecule has 1 N–H and O–H groups in total. The van der Waals surface area contributed by atoms with Gasteiger partial charge in [0.15, 0.2) is 17.5 Å². The van der Waals surface area contributed by atoms with Gasteiger partial charge in [0.2, 0.25) is 5.13 Å². The molecule has 0 unspecified atom stereocenters. The van der Waals surface area contributed by atoms with Crippen molar-refractivity contribution in [1.82, 2.24) is 10.2 Å². The summed E-state index contributed by atoms with van der Waals surface area (Å²) in [6.45, 7) is 4.02. The molecule has 0 atom stereocenters. The molecule has 0 fully saturated rings. The van der Waals surface area contributed by atoms with Crippen molar-refractivity contribution in [2.24, 2.45) is 5.92 Å². The van der Waals surface area contributed by atoms with Gasteiger partial charge in [0.25, 0.3) is 5.91 Å². The molecule has 0 radical (unpaired) electrons. The molecule has 21 heavy (non-hydrogen) atoms. The lowest BCUT2D eigenvalue weighted by molar-refractivity contribution is 0.102. The molecule has 0 aliphatic carbocycles. The van der Waals surface area contributed by atoms with Gasteiger partial charge >= 0.3 is 0 Å². The second-order valence-electron chi connectivity index (χ2n) is 4.78. The van der Waals surface area contributed by atoms with E-state index in [1.165, 1.54) is 0 Å². The van der Waals surface area contributed by atoms with Crippen molar-refractivity contribution >= 4 is 22.4 Å². The molecule has 2 aromatic rings. The first kappa shape index (κ1) is 15.4. The van der Waals surface area contributed by atoms with Crippen molar-refractivity contribution in [3.05, 3.63) is 40.2 Å². The van der Waals surface area contributed by atoms with Crippen LogP contribution in [-0.2, 0) is 6.42 Å². The third-order valence-corrected chi connectivity index (χ3v) is 3.41. The SMILES string of the molecule is CC(C)Cc1nnc(NC(=O)c2ccc(F)c(F)c2F)s1. The van der Waals surface area contributed by atoms with Gasteiger partial charge in [0.05, 0.1) is 5.56 Å². The van der Waals surface area contributed by atoms with E-state index in [1.54, 1.807) is 0 Å². The quantitative estimate of drug-likeness (QED) is 0.880. The predicted molar refractivity (Wildman–Crippen MR) is 72.7 cm³/mol. The van der Waals surface area contributed by atoms with Crippen molar-refractivity contribution in [2.45, 2.75) is 20.3 Å². The zero-order chi connectivity index (χ0) is 15.6. The van der Waals surface area contributed by atoms with Crippen LogP contribution >= 0.6 is 11.3 Å². The van der Waals surface area contributed by atoms with Crippen molar-refractivity contribution in [3.8, 4) is 0 Å². The molecule has 8 heteroatoms. The zero-order valence-electron chi connectivity index (χ0n) is 11.3. The van der Waals surface area contributed by atoms with Gasteiger partial charge in [-0.05, 0) is 18.1 Å². The summed E-state index contributed by atoms with van der Waals surface area (Å²) < 4.78 is 39.4. The number of amides is 1. The highest BCUT2D eigenvalue weighted by molar-refractivity contribution is 7.15. The van der Waals surface area contributed by atoms with E-state index in [9.17, 15) is 18.0 Å².